The van der Waals surface area contributed by atoms with E-state index in [1.807, 2.05) is 42.6 Å². The first-order valence-electron chi connectivity index (χ1n) is 7.96. The van der Waals surface area contributed by atoms with Crippen molar-refractivity contribution >= 4 is 17.4 Å². The Morgan fingerprint density at radius 3 is 2.71 bits per heavy atom. The monoisotopic (exact) mass is 337 g/mol. The first kappa shape index (κ1) is 15.0. The maximum atomic E-state index is 5.79. The number of halogens is 1. The lowest BCUT2D eigenvalue weighted by Gasteiger charge is -2.25. The molecule has 6 heteroatoms. The highest BCUT2D eigenvalue weighted by atomic mass is 35.5. The lowest BCUT2D eigenvalue weighted by atomic mass is 9.92. The Morgan fingerprint density at radius 1 is 1.04 bits per heavy atom. The van der Waals surface area contributed by atoms with Crippen LogP contribution in [-0.4, -0.2) is 20.2 Å². The number of benzene rings is 1. The van der Waals surface area contributed by atoms with Gasteiger partial charge in [-0.25, -0.2) is 9.97 Å². The molecule has 4 rings (SSSR count). The van der Waals surface area contributed by atoms with E-state index in [4.69, 9.17) is 16.6 Å². The van der Waals surface area contributed by atoms with Gasteiger partial charge in [-0.05, 0) is 31.4 Å². The number of aromatic nitrogens is 4. The van der Waals surface area contributed by atoms with E-state index in [0.29, 0.717) is 11.0 Å². The zero-order chi connectivity index (χ0) is 16.4. The molecule has 3 aromatic rings. The summed E-state index contributed by atoms with van der Waals surface area (Å²) in [4.78, 5) is 9.34. The van der Waals surface area contributed by atoms with Crippen LogP contribution >= 0.6 is 11.6 Å². The van der Waals surface area contributed by atoms with Gasteiger partial charge in [0.25, 0.3) is 0 Å². The van der Waals surface area contributed by atoms with Crippen LogP contribution in [0.5, 0.6) is 0 Å². The van der Waals surface area contributed by atoms with Crippen LogP contribution in [0.2, 0.25) is 5.15 Å². The third-order valence-electron chi connectivity index (χ3n) is 4.17. The number of anilines is 1. The lowest BCUT2D eigenvalue weighted by Crippen LogP contribution is -2.20. The van der Waals surface area contributed by atoms with Crippen molar-refractivity contribution in [3.63, 3.8) is 0 Å². The fourth-order valence-corrected chi connectivity index (χ4v) is 3.10. The second kappa shape index (κ2) is 6.53. The minimum Gasteiger partial charge on any atom is -0.362 e. The van der Waals surface area contributed by atoms with Crippen LogP contribution in [0.1, 0.15) is 30.1 Å². The molecular weight excluding hydrogens is 322 g/mol. The molecule has 1 aliphatic rings. The molecule has 1 aliphatic carbocycles. The number of nitrogens with one attached hydrogen (secondary N) is 1. The van der Waals surface area contributed by atoms with Crippen LogP contribution in [0.4, 0.5) is 5.82 Å². The lowest BCUT2D eigenvalue weighted by molar-refractivity contribution is 0.582. The summed E-state index contributed by atoms with van der Waals surface area (Å²) in [5, 5.41) is 11.8. The van der Waals surface area contributed by atoms with E-state index in [2.05, 4.69) is 20.5 Å². The molecule has 0 aliphatic heterocycles. The maximum Gasteiger partial charge on any atom is 0.159 e. The first-order chi connectivity index (χ1) is 11.8. The van der Waals surface area contributed by atoms with Gasteiger partial charge in [0.1, 0.15) is 5.82 Å². The van der Waals surface area contributed by atoms with Crippen LogP contribution in [0, 0.1) is 0 Å². The zero-order valence-electron chi connectivity index (χ0n) is 13.0. The van der Waals surface area contributed by atoms with Crippen molar-refractivity contribution in [1.29, 1.82) is 0 Å². The van der Waals surface area contributed by atoms with Crippen LogP contribution in [0.3, 0.4) is 0 Å². The summed E-state index contributed by atoms with van der Waals surface area (Å²) in [7, 11) is 0. The molecule has 0 radical (unpaired) electrons. The highest BCUT2D eigenvalue weighted by Crippen LogP contribution is 2.31. The summed E-state index contributed by atoms with van der Waals surface area (Å²) in [6.07, 6.45) is 5.01. The molecule has 0 saturated heterocycles. The quantitative estimate of drug-likeness (QED) is 0.780. The minimum absolute atomic E-state index is 0.147. The van der Waals surface area contributed by atoms with Crippen molar-refractivity contribution in [2.24, 2.45) is 0 Å². The Bertz CT molecular complexity index is 836. The Balaban J connectivity index is 1.62. The summed E-state index contributed by atoms with van der Waals surface area (Å²) in [5.74, 6) is 1.49. The molecule has 0 saturated carbocycles. The number of rotatable bonds is 3. The van der Waals surface area contributed by atoms with Gasteiger partial charge in [0.2, 0.25) is 0 Å². The Hall–Kier alpha value is -2.53. The summed E-state index contributed by atoms with van der Waals surface area (Å²) in [6, 6.07) is 13.8. The summed E-state index contributed by atoms with van der Waals surface area (Å²) < 4.78 is 0. The van der Waals surface area contributed by atoms with Gasteiger partial charge < -0.3 is 5.32 Å². The van der Waals surface area contributed by atoms with E-state index in [-0.39, 0.29) is 6.04 Å². The van der Waals surface area contributed by atoms with E-state index in [9.17, 15) is 0 Å². The molecular formula is C18H16ClN5. The van der Waals surface area contributed by atoms with Crippen LogP contribution < -0.4 is 5.32 Å². The highest BCUT2D eigenvalue weighted by Gasteiger charge is 2.23. The number of nitrogens with zero attached hydrogens (tertiary/aromatic N) is 4. The molecule has 2 aromatic heterocycles. The normalized spacial score (nSPS) is 16.5. The van der Waals surface area contributed by atoms with Crippen molar-refractivity contribution in [3.05, 3.63) is 65.1 Å². The predicted octanol–water partition coefficient (Wildman–Crippen LogP) is 4.08. The third-order valence-corrected chi connectivity index (χ3v) is 4.37. The van der Waals surface area contributed by atoms with Crippen molar-refractivity contribution in [2.75, 3.05) is 5.32 Å². The summed E-state index contributed by atoms with van der Waals surface area (Å²) in [5.41, 5.74) is 3.28. The largest absolute Gasteiger partial charge is 0.362 e. The third kappa shape index (κ3) is 3.08. The molecule has 1 unspecified atom stereocenters. The van der Waals surface area contributed by atoms with Crippen molar-refractivity contribution in [1.82, 2.24) is 20.2 Å². The molecule has 2 heterocycles. The van der Waals surface area contributed by atoms with E-state index >= 15 is 0 Å². The molecule has 0 fully saturated rings. The van der Waals surface area contributed by atoms with Gasteiger partial charge in [0, 0.05) is 23.0 Å². The smallest absolute Gasteiger partial charge is 0.159 e. The second-order valence-electron chi connectivity index (χ2n) is 5.79. The van der Waals surface area contributed by atoms with Crippen molar-refractivity contribution in [2.45, 2.75) is 25.3 Å². The van der Waals surface area contributed by atoms with Crippen molar-refractivity contribution < 1.29 is 0 Å². The topological polar surface area (TPSA) is 63.6 Å². The molecule has 1 atom stereocenters. The average Bonchev–Trinajstić information content (AvgIpc) is 2.64. The van der Waals surface area contributed by atoms with E-state index < -0.39 is 0 Å². The molecule has 0 bridgehead atoms. The zero-order valence-corrected chi connectivity index (χ0v) is 13.7. The summed E-state index contributed by atoms with van der Waals surface area (Å²) in [6.45, 7) is 0. The Labute approximate surface area is 145 Å². The minimum atomic E-state index is 0.147. The van der Waals surface area contributed by atoms with Gasteiger partial charge in [0.05, 0.1) is 6.04 Å². The Kier molecular flexibility index (Phi) is 4.09. The second-order valence-corrected chi connectivity index (χ2v) is 6.18. The number of hydrogen-bond acceptors (Lipinski definition) is 5. The Morgan fingerprint density at radius 2 is 1.92 bits per heavy atom. The highest BCUT2D eigenvalue weighted by molar-refractivity contribution is 6.29. The van der Waals surface area contributed by atoms with Gasteiger partial charge in [-0.1, -0.05) is 41.9 Å². The van der Waals surface area contributed by atoms with Gasteiger partial charge in [-0.15, -0.1) is 10.2 Å². The van der Waals surface area contributed by atoms with E-state index in [0.717, 1.165) is 41.9 Å². The predicted molar refractivity (Wildman–Crippen MR) is 93.8 cm³/mol. The molecule has 120 valence electrons. The first-order valence-corrected chi connectivity index (χ1v) is 8.34. The SMILES string of the molecule is Clc1ccc(NC2CCCc3nc(-c4ccccc4)ncc32)nn1. The van der Waals surface area contributed by atoms with Crippen LogP contribution in [-0.2, 0) is 6.42 Å². The number of hydrogen-bond donors (Lipinski definition) is 1. The molecule has 0 spiro atoms. The van der Waals surface area contributed by atoms with Gasteiger partial charge in [-0.3, -0.25) is 0 Å². The standard InChI is InChI=1S/C18H16ClN5/c19-16-9-10-17(24-23-16)21-14-7-4-8-15-13(14)11-20-18(22-15)12-5-2-1-3-6-12/h1-3,5-6,9-11,14H,4,7-8H2,(H,21,24). The number of aryl methyl sites for hydroxylation is 1. The molecule has 0 amide bonds. The van der Waals surface area contributed by atoms with Crippen molar-refractivity contribution in [3.8, 4) is 11.4 Å². The maximum absolute atomic E-state index is 5.79. The molecule has 1 N–H and O–H groups in total. The van der Waals surface area contributed by atoms with E-state index in [1.165, 1.54) is 0 Å². The average molecular weight is 338 g/mol. The number of fused-ring (bicyclic) bond motifs is 1. The fourth-order valence-electron chi connectivity index (χ4n) is 2.99. The molecule has 1 aromatic carbocycles. The summed E-state index contributed by atoms with van der Waals surface area (Å²) >= 11 is 5.79. The van der Waals surface area contributed by atoms with E-state index in [1.54, 1.807) is 6.07 Å². The van der Waals surface area contributed by atoms with Gasteiger partial charge >= 0.3 is 0 Å². The fraction of sp³-hybridized carbons (Fsp3) is 0.222. The van der Waals surface area contributed by atoms with Gasteiger partial charge in [-0.2, -0.15) is 0 Å². The molecule has 24 heavy (non-hydrogen) atoms. The van der Waals surface area contributed by atoms with Crippen LogP contribution in [0.15, 0.2) is 48.7 Å². The van der Waals surface area contributed by atoms with Gasteiger partial charge in [0.15, 0.2) is 11.0 Å². The molecule has 5 nitrogen and oxygen atoms in total. The van der Waals surface area contributed by atoms with Crippen LogP contribution in [0.25, 0.3) is 11.4 Å².